The molecule has 1 aliphatic rings. The molecule has 2 rings (SSSR count). The molecular weight excluding hydrogens is 208 g/mol. The van der Waals surface area contributed by atoms with Crippen molar-refractivity contribution in [2.24, 2.45) is 4.99 Å². The number of carbonyl (C=O) groups is 1. The lowest BCUT2D eigenvalue weighted by Crippen LogP contribution is -2.39. The topological polar surface area (TPSA) is 42.3 Å². The highest BCUT2D eigenvalue weighted by Gasteiger charge is 2.41. The highest BCUT2D eigenvalue weighted by atomic mass is 32.1. The number of Topliss-reactive ketones (excluding diaryl/α,β-unsaturated/α-hetero) is 1. The van der Waals surface area contributed by atoms with E-state index in [1.807, 2.05) is 6.21 Å². The number of nitrogens with zero attached hydrogens (tertiary/aromatic N) is 2. The van der Waals surface area contributed by atoms with Crippen LogP contribution in [0, 0.1) is 0 Å². The van der Waals surface area contributed by atoms with E-state index in [2.05, 4.69) is 9.98 Å². The molecule has 0 bridgehead atoms. The van der Waals surface area contributed by atoms with E-state index in [4.69, 9.17) is 0 Å². The Morgan fingerprint density at radius 3 is 3.07 bits per heavy atom. The third-order valence-electron chi connectivity index (χ3n) is 2.94. The molecule has 3 nitrogen and oxygen atoms in total. The molecule has 0 unspecified atom stereocenters. The summed E-state index contributed by atoms with van der Waals surface area (Å²) in [5.41, 5.74) is 1.32. The maximum Gasteiger partial charge on any atom is 0.149 e. The predicted octanol–water partition coefficient (Wildman–Crippen LogP) is 2.22. The molecule has 1 fully saturated rings. The Kier molecular flexibility index (Phi) is 2.95. The van der Waals surface area contributed by atoms with Crippen molar-refractivity contribution in [2.45, 2.75) is 31.1 Å². The van der Waals surface area contributed by atoms with Crippen LogP contribution < -0.4 is 0 Å². The van der Waals surface area contributed by atoms with E-state index < -0.39 is 5.41 Å². The van der Waals surface area contributed by atoms with E-state index >= 15 is 0 Å². The SMILES string of the molecule is CN=C[C@]1(c2cncs2)CCCCC1=O. The fraction of sp³-hybridized carbons (Fsp3) is 0.545. The van der Waals surface area contributed by atoms with Gasteiger partial charge in [0.25, 0.3) is 0 Å². The van der Waals surface area contributed by atoms with Gasteiger partial charge in [0, 0.05) is 30.8 Å². The van der Waals surface area contributed by atoms with Gasteiger partial charge in [-0.25, -0.2) is 0 Å². The molecule has 15 heavy (non-hydrogen) atoms. The largest absolute Gasteiger partial charge is 0.299 e. The van der Waals surface area contributed by atoms with Crippen LogP contribution in [0.4, 0.5) is 0 Å². The van der Waals surface area contributed by atoms with Crippen molar-refractivity contribution in [3.63, 3.8) is 0 Å². The van der Waals surface area contributed by atoms with Crippen molar-refractivity contribution in [1.29, 1.82) is 0 Å². The van der Waals surface area contributed by atoms with Crippen molar-refractivity contribution < 1.29 is 4.79 Å². The highest BCUT2D eigenvalue weighted by molar-refractivity contribution is 7.10. The summed E-state index contributed by atoms with van der Waals surface area (Å²) in [6.45, 7) is 0. The zero-order valence-corrected chi connectivity index (χ0v) is 9.59. The number of hydrogen-bond donors (Lipinski definition) is 0. The summed E-state index contributed by atoms with van der Waals surface area (Å²) in [5, 5.41) is 0. The maximum absolute atomic E-state index is 12.1. The van der Waals surface area contributed by atoms with Gasteiger partial charge in [-0.3, -0.25) is 14.8 Å². The first-order valence-corrected chi connectivity index (χ1v) is 6.03. The van der Waals surface area contributed by atoms with E-state index in [1.165, 1.54) is 0 Å². The van der Waals surface area contributed by atoms with Crippen LogP contribution in [0.3, 0.4) is 0 Å². The van der Waals surface area contributed by atoms with Crippen molar-refractivity contribution in [2.75, 3.05) is 7.05 Å². The zero-order chi connectivity index (χ0) is 10.7. The minimum Gasteiger partial charge on any atom is -0.299 e. The molecule has 0 radical (unpaired) electrons. The van der Waals surface area contributed by atoms with Gasteiger partial charge in [0.1, 0.15) is 5.78 Å². The number of aromatic nitrogens is 1. The van der Waals surface area contributed by atoms with E-state index in [0.29, 0.717) is 12.2 Å². The van der Waals surface area contributed by atoms with E-state index in [9.17, 15) is 4.79 Å². The van der Waals surface area contributed by atoms with Crippen LogP contribution in [0.25, 0.3) is 0 Å². The summed E-state index contributed by atoms with van der Waals surface area (Å²) in [7, 11) is 1.73. The molecule has 0 aliphatic heterocycles. The Morgan fingerprint density at radius 1 is 1.60 bits per heavy atom. The first-order valence-electron chi connectivity index (χ1n) is 5.15. The lowest BCUT2D eigenvalue weighted by Gasteiger charge is -2.30. The summed E-state index contributed by atoms with van der Waals surface area (Å²) in [5.74, 6) is 0.295. The second-order valence-corrected chi connectivity index (χ2v) is 4.74. The first kappa shape index (κ1) is 10.5. The van der Waals surface area contributed by atoms with Crippen LogP contribution >= 0.6 is 11.3 Å². The summed E-state index contributed by atoms with van der Waals surface area (Å²) >= 11 is 1.55. The van der Waals surface area contributed by atoms with Gasteiger partial charge in [0.15, 0.2) is 0 Å². The highest BCUT2D eigenvalue weighted by Crippen LogP contribution is 2.37. The number of rotatable bonds is 2. The standard InChI is InChI=1S/C11H14N2OS/c1-12-7-11(10-6-13-8-15-10)5-3-2-4-9(11)14/h6-8H,2-5H2,1H3/t11-/m1/s1. The van der Waals surface area contributed by atoms with E-state index in [-0.39, 0.29) is 0 Å². The van der Waals surface area contributed by atoms with Gasteiger partial charge in [-0.1, -0.05) is 6.42 Å². The lowest BCUT2D eigenvalue weighted by molar-refractivity contribution is -0.123. The third kappa shape index (κ3) is 1.74. The second-order valence-electron chi connectivity index (χ2n) is 3.85. The first-order chi connectivity index (χ1) is 7.29. The number of aliphatic imine (C=N–C) groups is 1. The molecule has 1 aromatic heterocycles. The van der Waals surface area contributed by atoms with Crippen LogP contribution in [0.5, 0.6) is 0 Å². The third-order valence-corrected chi connectivity index (χ3v) is 3.89. The molecule has 4 heteroatoms. The summed E-state index contributed by atoms with van der Waals surface area (Å²) in [6, 6.07) is 0. The van der Waals surface area contributed by atoms with Crippen molar-refractivity contribution >= 4 is 23.3 Å². The lowest BCUT2D eigenvalue weighted by atomic mass is 9.73. The normalized spacial score (nSPS) is 27.4. The van der Waals surface area contributed by atoms with Gasteiger partial charge in [0.2, 0.25) is 0 Å². The maximum atomic E-state index is 12.1. The van der Waals surface area contributed by atoms with Crippen molar-refractivity contribution in [1.82, 2.24) is 4.98 Å². The number of thiazole rings is 1. The molecule has 0 N–H and O–H groups in total. The van der Waals surface area contributed by atoms with Gasteiger partial charge in [-0.2, -0.15) is 0 Å². The molecule has 0 saturated heterocycles. The smallest absolute Gasteiger partial charge is 0.149 e. The predicted molar refractivity (Wildman–Crippen MR) is 61.7 cm³/mol. The van der Waals surface area contributed by atoms with Crippen molar-refractivity contribution in [3.8, 4) is 0 Å². The molecule has 1 heterocycles. The Hall–Kier alpha value is -1.03. The molecule has 1 aliphatic carbocycles. The minimum absolute atomic E-state index is 0.295. The molecule has 80 valence electrons. The fourth-order valence-electron chi connectivity index (χ4n) is 2.17. The average Bonchev–Trinajstić information content (AvgIpc) is 2.75. The Labute approximate surface area is 93.3 Å². The van der Waals surface area contributed by atoms with Crippen LogP contribution in [0.2, 0.25) is 0 Å². The zero-order valence-electron chi connectivity index (χ0n) is 8.77. The quantitative estimate of drug-likeness (QED) is 0.720. The van der Waals surface area contributed by atoms with Gasteiger partial charge < -0.3 is 0 Å². The second kappa shape index (κ2) is 4.23. The molecule has 0 aromatic carbocycles. The number of ketones is 1. The Morgan fingerprint density at radius 2 is 2.47 bits per heavy atom. The molecule has 0 amide bonds. The summed E-state index contributed by atoms with van der Waals surface area (Å²) in [6.07, 6.45) is 7.26. The minimum atomic E-state index is -0.464. The molecule has 0 spiro atoms. The van der Waals surface area contributed by atoms with E-state index in [0.717, 1.165) is 24.1 Å². The molecule has 1 aromatic rings. The summed E-state index contributed by atoms with van der Waals surface area (Å²) < 4.78 is 0. The number of carbonyl (C=O) groups excluding carboxylic acids is 1. The van der Waals surface area contributed by atoms with Gasteiger partial charge in [-0.15, -0.1) is 11.3 Å². The van der Waals surface area contributed by atoms with Crippen LogP contribution in [-0.4, -0.2) is 24.0 Å². The number of hydrogen-bond acceptors (Lipinski definition) is 4. The molecule has 1 atom stereocenters. The van der Waals surface area contributed by atoms with Gasteiger partial charge in [0.05, 0.1) is 10.9 Å². The van der Waals surface area contributed by atoms with Gasteiger partial charge >= 0.3 is 0 Å². The van der Waals surface area contributed by atoms with E-state index in [1.54, 1.807) is 30.1 Å². The fourth-order valence-corrected chi connectivity index (χ4v) is 3.01. The van der Waals surface area contributed by atoms with Crippen molar-refractivity contribution in [3.05, 3.63) is 16.6 Å². The monoisotopic (exact) mass is 222 g/mol. The molecule has 1 saturated carbocycles. The van der Waals surface area contributed by atoms with Gasteiger partial charge in [-0.05, 0) is 12.8 Å². The Bertz CT molecular complexity index is 372. The molecular formula is C11H14N2OS. The Balaban J connectivity index is 2.43. The van der Waals surface area contributed by atoms with Crippen LogP contribution in [0.15, 0.2) is 16.7 Å². The van der Waals surface area contributed by atoms with Crippen LogP contribution in [-0.2, 0) is 10.2 Å². The van der Waals surface area contributed by atoms with Crippen LogP contribution in [0.1, 0.15) is 30.6 Å². The summed E-state index contributed by atoms with van der Waals surface area (Å²) in [4.78, 5) is 21.3. The average molecular weight is 222 g/mol.